The van der Waals surface area contributed by atoms with Crippen LogP contribution in [0.1, 0.15) is 31.4 Å². The molecule has 6 nitrogen and oxygen atoms in total. The molecule has 0 aliphatic rings. The van der Waals surface area contributed by atoms with E-state index < -0.39 is 36.4 Å². The number of aliphatic hydroxyl groups excluding tert-OH is 3. The largest absolute Gasteiger partial charge is 0.505 e. The lowest BCUT2D eigenvalue weighted by molar-refractivity contribution is -0.152. The first-order valence-corrected chi connectivity index (χ1v) is 7.44. The molecular formula is C17H21FO6. The minimum atomic E-state index is -1.40. The monoisotopic (exact) mass is 340 g/mol. The van der Waals surface area contributed by atoms with Crippen LogP contribution in [0.5, 0.6) is 5.75 Å². The minimum absolute atomic E-state index is 0.0726. The molecule has 4 N–H and O–H groups in total. The maximum Gasteiger partial charge on any atom is 0.335 e. The van der Waals surface area contributed by atoms with Crippen LogP contribution in [0.15, 0.2) is 35.6 Å². The lowest BCUT2D eigenvalue weighted by Gasteiger charge is -2.10. The summed E-state index contributed by atoms with van der Waals surface area (Å²) < 4.78 is 17.9. The number of ether oxygens (including phenoxy) is 1. The highest BCUT2D eigenvalue weighted by Crippen LogP contribution is 2.23. The number of hydrogen-bond acceptors (Lipinski definition) is 6. The molecule has 0 aromatic heterocycles. The maximum atomic E-state index is 13.2. The summed E-state index contributed by atoms with van der Waals surface area (Å²) in [6, 6.07) is 3.55. The van der Waals surface area contributed by atoms with Gasteiger partial charge in [-0.1, -0.05) is 6.07 Å². The first-order chi connectivity index (χ1) is 11.4. The fourth-order valence-electron chi connectivity index (χ4n) is 1.91. The van der Waals surface area contributed by atoms with Crippen molar-refractivity contribution in [3.63, 3.8) is 0 Å². The van der Waals surface area contributed by atoms with Gasteiger partial charge in [-0.05, 0) is 36.3 Å². The van der Waals surface area contributed by atoms with Gasteiger partial charge in [-0.3, -0.25) is 0 Å². The van der Waals surface area contributed by atoms with Gasteiger partial charge >= 0.3 is 5.97 Å². The molecule has 1 rings (SSSR count). The van der Waals surface area contributed by atoms with Gasteiger partial charge in [-0.2, -0.15) is 0 Å². The molecule has 0 saturated carbocycles. The highest BCUT2D eigenvalue weighted by molar-refractivity contribution is 5.74. The van der Waals surface area contributed by atoms with Gasteiger partial charge in [0.25, 0.3) is 0 Å². The van der Waals surface area contributed by atoms with Gasteiger partial charge in [0.15, 0.2) is 17.7 Å². The van der Waals surface area contributed by atoms with Gasteiger partial charge in [0, 0.05) is 12.8 Å². The topological polar surface area (TPSA) is 107 Å². The lowest BCUT2D eigenvalue weighted by atomic mass is 10.1. The molecule has 0 aliphatic carbocycles. The molecule has 0 saturated heterocycles. The Balaban J connectivity index is 2.70. The second kappa shape index (κ2) is 9.85. The van der Waals surface area contributed by atoms with Gasteiger partial charge in [-0.25, -0.2) is 9.18 Å². The zero-order valence-electron chi connectivity index (χ0n) is 13.3. The molecule has 1 aromatic rings. The van der Waals surface area contributed by atoms with Crippen molar-refractivity contribution >= 4 is 5.97 Å². The van der Waals surface area contributed by atoms with Crippen molar-refractivity contribution < 1.29 is 34.3 Å². The quantitative estimate of drug-likeness (QED) is 0.420. The van der Waals surface area contributed by atoms with Crippen LogP contribution in [-0.4, -0.2) is 45.7 Å². The van der Waals surface area contributed by atoms with Crippen molar-refractivity contribution in [3.8, 4) is 5.75 Å². The van der Waals surface area contributed by atoms with Crippen LogP contribution in [0.4, 0.5) is 4.39 Å². The molecular weight excluding hydrogens is 319 g/mol. The van der Waals surface area contributed by atoms with E-state index in [1.807, 2.05) is 0 Å². The molecule has 0 bridgehead atoms. The van der Waals surface area contributed by atoms with Gasteiger partial charge in [-0.15, -0.1) is 5.73 Å². The van der Waals surface area contributed by atoms with Crippen molar-refractivity contribution in [3.05, 3.63) is 47.0 Å². The van der Waals surface area contributed by atoms with E-state index >= 15 is 0 Å². The number of carbonyl (C=O) groups excluding carboxylic acids is 1. The van der Waals surface area contributed by atoms with Gasteiger partial charge in [0.05, 0.1) is 19.3 Å². The lowest BCUT2D eigenvalue weighted by Crippen LogP contribution is -2.23. The number of carbonyl (C=O) groups is 1. The number of phenolic OH excluding ortho intramolecular Hbond substituents is 1. The van der Waals surface area contributed by atoms with E-state index in [1.54, 1.807) is 6.92 Å². The summed E-state index contributed by atoms with van der Waals surface area (Å²) in [6.07, 6.45) is -1.08. The molecule has 132 valence electrons. The van der Waals surface area contributed by atoms with Crippen molar-refractivity contribution in [1.82, 2.24) is 0 Å². The van der Waals surface area contributed by atoms with E-state index in [2.05, 4.69) is 10.5 Å². The molecule has 7 heteroatoms. The third kappa shape index (κ3) is 6.14. The van der Waals surface area contributed by atoms with E-state index in [9.17, 15) is 24.5 Å². The average Bonchev–Trinajstić information content (AvgIpc) is 2.56. The summed E-state index contributed by atoms with van der Waals surface area (Å²) in [5.74, 6) is -2.12. The Hall–Kier alpha value is -2.18. The maximum absolute atomic E-state index is 13.2. The first-order valence-electron chi connectivity index (χ1n) is 7.44. The first kappa shape index (κ1) is 19.9. The Kier molecular flexibility index (Phi) is 8.15. The highest BCUT2D eigenvalue weighted by Gasteiger charge is 2.17. The Labute approximate surface area is 139 Å². The molecule has 0 fully saturated rings. The van der Waals surface area contributed by atoms with E-state index in [1.165, 1.54) is 12.1 Å². The Morgan fingerprint density at radius 3 is 2.71 bits per heavy atom. The molecule has 0 heterocycles. The SMILES string of the molecule is CCOC(=O)[C@H](O)CC(=C=CC[C@@H](O)c1ccc(O)c(F)c1)CO. The number of phenols is 1. The summed E-state index contributed by atoms with van der Waals surface area (Å²) in [6.45, 7) is 1.33. The van der Waals surface area contributed by atoms with Crippen LogP contribution in [0.25, 0.3) is 0 Å². The van der Waals surface area contributed by atoms with Crippen LogP contribution >= 0.6 is 0 Å². The van der Waals surface area contributed by atoms with E-state index in [-0.39, 0.29) is 30.6 Å². The van der Waals surface area contributed by atoms with Crippen LogP contribution in [0.2, 0.25) is 0 Å². The standard InChI is InChI=1S/C17H21FO6/c1-2-24-17(23)16(22)8-11(10-19)4-3-5-14(20)12-6-7-15(21)13(18)9-12/h3,6-7,9,14,16,19-22H,2,5,8,10H2,1H3/t4?,14-,16-/m1/s1. The predicted molar refractivity (Wildman–Crippen MR) is 83.6 cm³/mol. The number of esters is 1. The predicted octanol–water partition coefficient (Wildman–Crippen LogP) is 1.34. The van der Waals surface area contributed by atoms with Gasteiger partial charge in [0.2, 0.25) is 0 Å². The van der Waals surface area contributed by atoms with E-state index in [4.69, 9.17) is 5.11 Å². The number of rotatable bonds is 8. The van der Waals surface area contributed by atoms with Crippen molar-refractivity contribution in [2.75, 3.05) is 13.2 Å². The minimum Gasteiger partial charge on any atom is -0.505 e. The molecule has 0 spiro atoms. The van der Waals surface area contributed by atoms with E-state index in [0.717, 1.165) is 12.1 Å². The zero-order valence-corrected chi connectivity index (χ0v) is 13.3. The molecule has 1 aromatic carbocycles. The van der Waals surface area contributed by atoms with Crippen molar-refractivity contribution in [2.45, 2.75) is 32.0 Å². The van der Waals surface area contributed by atoms with Crippen molar-refractivity contribution in [2.24, 2.45) is 0 Å². The molecule has 0 radical (unpaired) electrons. The van der Waals surface area contributed by atoms with E-state index in [0.29, 0.717) is 0 Å². The van der Waals surface area contributed by atoms with Crippen LogP contribution in [0, 0.1) is 5.82 Å². The number of benzene rings is 1. The van der Waals surface area contributed by atoms with Crippen molar-refractivity contribution in [1.29, 1.82) is 0 Å². The Morgan fingerprint density at radius 1 is 1.42 bits per heavy atom. The van der Waals surface area contributed by atoms with Crippen LogP contribution in [-0.2, 0) is 9.53 Å². The van der Waals surface area contributed by atoms with Gasteiger partial charge < -0.3 is 25.2 Å². The molecule has 24 heavy (non-hydrogen) atoms. The molecule has 2 atom stereocenters. The fourth-order valence-corrected chi connectivity index (χ4v) is 1.91. The third-order valence-electron chi connectivity index (χ3n) is 3.19. The Morgan fingerprint density at radius 2 is 2.12 bits per heavy atom. The number of aromatic hydroxyl groups is 1. The molecule has 0 amide bonds. The smallest absolute Gasteiger partial charge is 0.335 e. The number of aliphatic hydroxyl groups is 3. The summed E-state index contributed by atoms with van der Waals surface area (Å²) in [4.78, 5) is 11.3. The number of hydrogen-bond donors (Lipinski definition) is 4. The summed E-state index contributed by atoms with van der Waals surface area (Å²) in [5, 5.41) is 37.9. The summed E-state index contributed by atoms with van der Waals surface area (Å²) in [7, 11) is 0. The fraction of sp³-hybridized carbons (Fsp3) is 0.412. The van der Waals surface area contributed by atoms with Crippen LogP contribution < -0.4 is 0 Å². The molecule has 0 unspecified atom stereocenters. The summed E-state index contributed by atoms with van der Waals surface area (Å²) in [5.41, 5.74) is 3.24. The normalized spacial score (nSPS) is 12.9. The van der Waals surface area contributed by atoms with Gasteiger partial charge in [0.1, 0.15) is 0 Å². The average molecular weight is 340 g/mol. The van der Waals surface area contributed by atoms with Crippen LogP contribution in [0.3, 0.4) is 0 Å². The highest BCUT2D eigenvalue weighted by atomic mass is 19.1. The second-order valence-electron chi connectivity index (χ2n) is 5.04. The third-order valence-corrected chi connectivity index (χ3v) is 3.19. The number of halogens is 1. The second-order valence-corrected chi connectivity index (χ2v) is 5.04. The summed E-state index contributed by atoms with van der Waals surface area (Å²) >= 11 is 0. The molecule has 0 aliphatic heterocycles. The Bertz CT molecular complexity index is 622. The zero-order chi connectivity index (χ0) is 18.1.